The maximum absolute atomic E-state index is 6.29. The van der Waals surface area contributed by atoms with Gasteiger partial charge in [0, 0.05) is 11.6 Å². The fourth-order valence-corrected chi connectivity index (χ4v) is 2.47. The Morgan fingerprint density at radius 3 is 2.22 bits per heavy atom. The highest BCUT2D eigenvalue weighted by Gasteiger charge is 2.21. The summed E-state index contributed by atoms with van der Waals surface area (Å²) in [5.41, 5.74) is 16.7. The van der Waals surface area contributed by atoms with Crippen LogP contribution >= 0.6 is 0 Å². The van der Waals surface area contributed by atoms with Gasteiger partial charge in [0.2, 0.25) is 0 Å². The van der Waals surface area contributed by atoms with Crippen LogP contribution in [0.4, 0.5) is 0 Å². The molecule has 18 heavy (non-hydrogen) atoms. The van der Waals surface area contributed by atoms with Gasteiger partial charge >= 0.3 is 0 Å². The highest BCUT2D eigenvalue weighted by atomic mass is 16.5. The standard InChI is InChI=1S/C15H26N2O/c1-9-7-12(13(16)8-15(4,5)17)10(2)11(3)14(9)18-6/h7,13H,8,16-17H2,1-6H3. The van der Waals surface area contributed by atoms with Crippen LogP contribution in [0.2, 0.25) is 0 Å². The summed E-state index contributed by atoms with van der Waals surface area (Å²) in [4.78, 5) is 0. The van der Waals surface area contributed by atoms with Crippen molar-refractivity contribution in [1.82, 2.24) is 0 Å². The van der Waals surface area contributed by atoms with Gasteiger partial charge in [-0.1, -0.05) is 6.07 Å². The van der Waals surface area contributed by atoms with Crippen molar-refractivity contribution in [3.05, 3.63) is 28.3 Å². The highest BCUT2D eigenvalue weighted by molar-refractivity contribution is 5.49. The van der Waals surface area contributed by atoms with Crippen LogP contribution in [0.15, 0.2) is 6.07 Å². The Balaban J connectivity index is 3.19. The lowest BCUT2D eigenvalue weighted by molar-refractivity contribution is 0.406. The van der Waals surface area contributed by atoms with Crippen LogP contribution in [0.5, 0.6) is 5.75 Å². The van der Waals surface area contributed by atoms with E-state index in [0.717, 1.165) is 23.3 Å². The average Bonchev–Trinajstić information content (AvgIpc) is 2.21. The molecule has 1 aromatic rings. The number of benzene rings is 1. The molecule has 0 aliphatic rings. The largest absolute Gasteiger partial charge is 0.496 e. The number of nitrogens with two attached hydrogens (primary N) is 2. The van der Waals surface area contributed by atoms with Gasteiger partial charge in [0.05, 0.1) is 7.11 Å². The molecule has 0 fully saturated rings. The zero-order chi connectivity index (χ0) is 14.1. The summed E-state index contributed by atoms with van der Waals surface area (Å²) in [7, 11) is 1.71. The molecule has 0 saturated carbocycles. The van der Waals surface area contributed by atoms with Crippen molar-refractivity contribution in [1.29, 1.82) is 0 Å². The van der Waals surface area contributed by atoms with Gasteiger partial charge in [-0.2, -0.15) is 0 Å². The topological polar surface area (TPSA) is 61.3 Å². The van der Waals surface area contributed by atoms with Crippen LogP contribution in [0.25, 0.3) is 0 Å². The summed E-state index contributed by atoms with van der Waals surface area (Å²) < 4.78 is 5.43. The van der Waals surface area contributed by atoms with Gasteiger partial charge in [-0.15, -0.1) is 0 Å². The van der Waals surface area contributed by atoms with E-state index in [1.165, 1.54) is 11.1 Å². The zero-order valence-electron chi connectivity index (χ0n) is 12.4. The van der Waals surface area contributed by atoms with E-state index >= 15 is 0 Å². The molecule has 0 bridgehead atoms. The summed E-state index contributed by atoms with van der Waals surface area (Å²) in [6, 6.07) is 2.09. The lowest BCUT2D eigenvalue weighted by Gasteiger charge is -2.26. The first-order chi connectivity index (χ1) is 8.17. The highest BCUT2D eigenvalue weighted by Crippen LogP contribution is 2.32. The van der Waals surface area contributed by atoms with Crippen LogP contribution in [-0.4, -0.2) is 12.6 Å². The monoisotopic (exact) mass is 250 g/mol. The number of rotatable bonds is 4. The fraction of sp³-hybridized carbons (Fsp3) is 0.600. The quantitative estimate of drug-likeness (QED) is 0.863. The van der Waals surface area contributed by atoms with E-state index in [9.17, 15) is 0 Å². The van der Waals surface area contributed by atoms with E-state index < -0.39 is 0 Å². The molecular formula is C15H26N2O. The van der Waals surface area contributed by atoms with Crippen LogP contribution < -0.4 is 16.2 Å². The third kappa shape index (κ3) is 3.24. The van der Waals surface area contributed by atoms with Crippen LogP contribution in [0.3, 0.4) is 0 Å². The number of hydrogen-bond acceptors (Lipinski definition) is 3. The molecule has 3 heteroatoms. The number of ether oxygens (including phenoxy) is 1. The molecule has 1 aromatic carbocycles. The van der Waals surface area contributed by atoms with Crippen LogP contribution in [0, 0.1) is 20.8 Å². The van der Waals surface area contributed by atoms with Gasteiger partial charge in [0.25, 0.3) is 0 Å². The maximum atomic E-state index is 6.29. The molecule has 0 aliphatic carbocycles. The molecule has 0 amide bonds. The van der Waals surface area contributed by atoms with Gasteiger partial charge in [-0.05, 0) is 63.3 Å². The van der Waals surface area contributed by atoms with Gasteiger partial charge in [0.15, 0.2) is 0 Å². The first kappa shape index (κ1) is 15.0. The van der Waals surface area contributed by atoms with E-state index in [4.69, 9.17) is 16.2 Å². The molecule has 1 rings (SSSR count). The zero-order valence-corrected chi connectivity index (χ0v) is 12.4. The molecule has 4 N–H and O–H groups in total. The van der Waals surface area contributed by atoms with Crippen molar-refractivity contribution in [2.75, 3.05) is 7.11 Å². The first-order valence-electron chi connectivity index (χ1n) is 6.36. The molecule has 0 aromatic heterocycles. The fourth-order valence-electron chi connectivity index (χ4n) is 2.47. The van der Waals surface area contributed by atoms with E-state index in [2.05, 4.69) is 26.8 Å². The van der Waals surface area contributed by atoms with Crippen molar-refractivity contribution in [2.45, 2.75) is 52.6 Å². The summed E-state index contributed by atoms with van der Waals surface area (Å²) in [5.74, 6) is 0.954. The maximum Gasteiger partial charge on any atom is 0.124 e. The van der Waals surface area contributed by atoms with Crippen molar-refractivity contribution < 1.29 is 4.74 Å². The Hall–Kier alpha value is -1.06. The summed E-state index contributed by atoms with van der Waals surface area (Å²) in [6.07, 6.45) is 0.763. The van der Waals surface area contributed by atoms with Gasteiger partial charge in [0.1, 0.15) is 5.75 Å². The van der Waals surface area contributed by atoms with Crippen molar-refractivity contribution in [3.8, 4) is 5.75 Å². The molecule has 0 aliphatic heterocycles. The lowest BCUT2D eigenvalue weighted by Crippen LogP contribution is -2.36. The molecular weight excluding hydrogens is 224 g/mol. The minimum absolute atomic E-state index is 0.0340. The van der Waals surface area contributed by atoms with Crippen molar-refractivity contribution in [3.63, 3.8) is 0 Å². The lowest BCUT2D eigenvalue weighted by atomic mass is 9.88. The van der Waals surface area contributed by atoms with Gasteiger partial charge < -0.3 is 16.2 Å². The Bertz CT molecular complexity index is 433. The predicted octanol–water partition coefficient (Wildman–Crippen LogP) is 2.75. The number of aryl methyl sites for hydroxylation is 1. The normalized spacial score (nSPS) is 13.6. The molecule has 3 nitrogen and oxygen atoms in total. The molecule has 0 spiro atoms. The van der Waals surface area contributed by atoms with Crippen LogP contribution in [0.1, 0.15) is 48.6 Å². The van der Waals surface area contributed by atoms with Crippen molar-refractivity contribution in [2.24, 2.45) is 11.5 Å². The van der Waals surface area contributed by atoms with Crippen molar-refractivity contribution >= 4 is 0 Å². The number of hydrogen-bond donors (Lipinski definition) is 2. The Morgan fingerprint density at radius 1 is 1.22 bits per heavy atom. The summed E-state index contributed by atoms with van der Waals surface area (Å²) in [5, 5.41) is 0. The summed E-state index contributed by atoms with van der Waals surface area (Å²) in [6.45, 7) is 10.2. The first-order valence-corrected chi connectivity index (χ1v) is 6.36. The SMILES string of the molecule is COc1c(C)cc(C(N)CC(C)(C)N)c(C)c1C. The Kier molecular flexibility index (Phi) is 4.41. The van der Waals surface area contributed by atoms with E-state index in [1.54, 1.807) is 7.11 Å². The Labute approximate surface area is 111 Å². The molecule has 1 atom stereocenters. The Morgan fingerprint density at radius 2 is 1.78 bits per heavy atom. The van der Waals surface area contributed by atoms with Gasteiger partial charge in [-0.25, -0.2) is 0 Å². The molecule has 0 radical (unpaired) electrons. The molecule has 0 heterocycles. The summed E-state index contributed by atoms with van der Waals surface area (Å²) >= 11 is 0. The van der Waals surface area contributed by atoms with Gasteiger partial charge in [-0.3, -0.25) is 0 Å². The minimum atomic E-state index is -0.256. The van der Waals surface area contributed by atoms with E-state index in [-0.39, 0.29) is 11.6 Å². The minimum Gasteiger partial charge on any atom is -0.496 e. The van der Waals surface area contributed by atoms with E-state index in [1.807, 2.05) is 13.8 Å². The molecule has 1 unspecified atom stereocenters. The van der Waals surface area contributed by atoms with E-state index in [0.29, 0.717) is 0 Å². The number of methoxy groups -OCH3 is 1. The second-order valence-corrected chi connectivity index (χ2v) is 5.87. The predicted molar refractivity (Wildman–Crippen MR) is 77.0 cm³/mol. The average molecular weight is 250 g/mol. The molecule has 0 saturated heterocycles. The molecule has 102 valence electrons. The second kappa shape index (κ2) is 5.29. The smallest absolute Gasteiger partial charge is 0.124 e. The third-order valence-corrected chi connectivity index (χ3v) is 3.42. The third-order valence-electron chi connectivity index (χ3n) is 3.42. The van der Waals surface area contributed by atoms with Crippen LogP contribution in [-0.2, 0) is 0 Å². The second-order valence-electron chi connectivity index (χ2n) is 5.87.